The zero-order valence-electron chi connectivity index (χ0n) is 11.2. The van der Waals surface area contributed by atoms with Crippen molar-refractivity contribution in [3.63, 3.8) is 0 Å². The molecule has 2 bridgehead atoms. The molecule has 0 unspecified atom stereocenters. The van der Waals surface area contributed by atoms with Crippen molar-refractivity contribution in [2.45, 2.75) is 60.8 Å². The molecule has 0 radical (unpaired) electrons. The summed E-state index contributed by atoms with van der Waals surface area (Å²) in [7, 11) is 0.528. The highest BCUT2D eigenvalue weighted by Crippen LogP contribution is 2.42. The molecular formula is C16H23OS+. The van der Waals surface area contributed by atoms with Gasteiger partial charge < -0.3 is 4.74 Å². The van der Waals surface area contributed by atoms with E-state index in [9.17, 15) is 0 Å². The lowest BCUT2D eigenvalue weighted by Gasteiger charge is -2.34. The molecule has 2 aliphatic heterocycles. The Kier molecular flexibility index (Phi) is 3.83. The molecule has 2 saturated heterocycles. The molecule has 0 saturated carbocycles. The Balaban J connectivity index is 1.80. The minimum absolute atomic E-state index is 0.528. The van der Waals surface area contributed by atoms with Crippen molar-refractivity contribution in [2.75, 3.05) is 6.61 Å². The Morgan fingerprint density at radius 3 is 2.06 bits per heavy atom. The van der Waals surface area contributed by atoms with Gasteiger partial charge in [0.1, 0.15) is 16.2 Å². The summed E-state index contributed by atoms with van der Waals surface area (Å²) >= 11 is 0. The van der Waals surface area contributed by atoms with E-state index in [0.29, 0.717) is 10.9 Å². The van der Waals surface area contributed by atoms with E-state index in [2.05, 4.69) is 24.3 Å². The van der Waals surface area contributed by atoms with E-state index in [-0.39, 0.29) is 0 Å². The summed E-state index contributed by atoms with van der Waals surface area (Å²) < 4.78 is 5.55. The van der Waals surface area contributed by atoms with Crippen LogP contribution in [-0.4, -0.2) is 17.1 Å². The second-order valence-corrected chi connectivity index (χ2v) is 7.93. The lowest BCUT2D eigenvalue weighted by molar-refractivity contribution is 0.340. The van der Waals surface area contributed by atoms with Crippen LogP contribution in [0.25, 0.3) is 0 Å². The van der Waals surface area contributed by atoms with Crippen LogP contribution in [0.2, 0.25) is 0 Å². The lowest BCUT2D eigenvalue weighted by Crippen LogP contribution is -2.40. The number of hydrogen-bond donors (Lipinski definition) is 0. The van der Waals surface area contributed by atoms with Crippen LogP contribution in [0.15, 0.2) is 29.2 Å². The number of ether oxygens (including phenoxy) is 1. The quantitative estimate of drug-likeness (QED) is 0.744. The molecule has 2 heterocycles. The molecule has 0 N–H and O–H groups in total. The van der Waals surface area contributed by atoms with Crippen molar-refractivity contribution >= 4 is 10.9 Å². The van der Waals surface area contributed by atoms with Crippen LogP contribution in [0.4, 0.5) is 0 Å². The van der Waals surface area contributed by atoms with Crippen LogP contribution in [0.1, 0.15) is 45.4 Å². The summed E-state index contributed by atoms with van der Waals surface area (Å²) in [6, 6.07) is 8.97. The molecule has 0 atom stereocenters. The summed E-state index contributed by atoms with van der Waals surface area (Å²) in [5.41, 5.74) is 0. The molecule has 18 heavy (non-hydrogen) atoms. The van der Waals surface area contributed by atoms with E-state index in [0.717, 1.165) is 22.9 Å². The fraction of sp³-hybridized carbons (Fsp3) is 0.625. The Hall–Kier alpha value is -0.630. The minimum atomic E-state index is 0.528. The number of fused-ring (bicyclic) bond motifs is 2. The normalized spacial score (nSPS) is 31.1. The molecule has 2 aliphatic rings. The molecule has 1 aromatic rings. The third-order valence-electron chi connectivity index (χ3n) is 4.23. The maximum Gasteiger partial charge on any atom is 0.155 e. The fourth-order valence-corrected chi connectivity index (χ4v) is 6.91. The van der Waals surface area contributed by atoms with Crippen molar-refractivity contribution in [1.82, 2.24) is 0 Å². The van der Waals surface area contributed by atoms with Gasteiger partial charge >= 0.3 is 0 Å². The first-order valence-electron chi connectivity index (χ1n) is 7.33. The van der Waals surface area contributed by atoms with Crippen LogP contribution >= 0.6 is 0 Å². The Morgan fingerprint density at radius 2 is 1.56 bits per heavy atom. The highest BCUT2D eigenvalue weighted by atomic mass is 32.2. The highest BCUT2D eigenvalue weighted by Gasteiger charge is 2.45. The smallest absolute Gasteiger partial charge is 0.155 e. The van der Waals surface area contributed by atoms with E-state index < -0.39 is 0 Å². The first-order chi connectivity index (χ1) is 8.88. The largest absolute Gasteiger partial charge is 0.494 e. The Labute approximate surface area is 113 Å². The molecular weight excluding hydrogens is 240 g/mol. The third-order valence-corrected chi connectivity index (χ3v) is 7.43. The van der Waals surface area contributed by atoms with Crippen LogP contribution in [0.3, 0.4) is 0 Å². The molecule has 1 nitrogen and oxygen atoms in total. The lowest BCUT2D eigenvalue weighted by atomic mass is 9.99. The van der Waals surface area contributed by atoms with Gasteiger partial charge in [-0.25, -0.2) is 0 Å². The standard InChI is InChI=1S/C16H23OS/c1-2-17-13-9-11-16(12-10-13)18-14-5-3-6-15(18)8-4-7-14/h9-12,14-15H,2-8H2,1H3/q+1. The molecule has 3 rings (SSSR count). The maximum absolute atomic E-state index is 5.55. The number of benzene rings is 1. The molecule has 0 spiro atoms. The third kappa shape index (κ3) is 2.40. The minimum Gasteiger partial charge on any atom is -0.494 e. The Morgan fingerprint density at radius 1 is 1.00 bits per heavy atom. The zero-order valence-corrected chi connectivity index (χ0v) is 12.0. The van der Waals surface area contributed by atoms with Crippen molar-refractivity contribution in [3.05, 3.63) is 24.3 Å². The average Bonchev–Trinajstić information content (AvgIpc) is 2.39. The van der Waals surface area contributed by atoms with Gasteiger partial charge in [-0.05, 0) is 69.7 Å². The van der Waals surface area contributed by atoms with Gasteiger partial charge in [0.15, 0.2) is 4.90 Å². The van der Waals surface area contributed by atoms with E-state index in [1.54, 1.807) is 4.90 Å². The second kappa shape index (κ2) is 5.56. The first kappa shape index (κ1) is 12.4. The summed E-state index contributed by atoms with van der Waals surface area (Å²) in [6.45, 7) is 2.80. The van der Waals surface area contributed by atoms with E-state index in [1.165, 1.54) is 38.5 Å². The molecule has 0 aliphatic carbocycles. The van der Waals surface area contributed by atoms with Gasteiger partial charge in [0.05, 0.1) is 6.61 Å². The summed E-state index contributed by atoms with van der Waals surface area (Å²) in [5, 5.41) is 1.96. The average molecular weight is 263 g/mol. The van der Waals surface area contributed by atoms with Crippen LogP contribution in [0, 0.1) is 0 Å². The highest BCUT2D eigenvalue weighted by molar-refractivity contribution is 7.98. The topological polar surface area (TPSA) is 9.23 Å². The van der Waals surface area contributed by atoms with Gasteiger partial charge in [-0.15, -0.1) is 0 Å². The molecule has 0 aromatic heterocycles. The molecule has 2 fully saturated rings. The first-order valence-corrected chi connectivity index (χ1v) is 8.68. The van der Waals surface area contributed by atoms with Gasteiger partial charge in [-0.3, -0.25) is 0 Å². The van der Waals surface area contributed by atoms with Gasteiger partial charge in [-0.1, -0.05) is 0 Å². The number of hydrogen-bond acceptors (Lipinski definition) is 1. The van der Waals surface area contributed by atoms with Crippen molar-refractivity contribution in [2.24, 2.45) is 0 Å². The summed E-state index contributed by atoms with van der Waals surface area (Å²) in [5.74, 6) is 1.02. The van der Waals surface area contributed by atoms with Crippen LogP contribution in [-0.2, 0) is 10.9 Å². The fourth-order valence-electron chi connectivity index (χ4n) is 3.46. The monoisotopic (exact) mass is 263 g/mol. The maximum atomic E-state index is 5.55. The molecule has 0 amide bonds. The summed E-state index contributed by atoms with van der Waals surface area (Å²) in [4.78, 5) is 1.59. The van der Waals surface area contributed by atoms with Crippen LogP contribution < -0.4 is 4.74 Å². The van der Waals surface area contributed by atoms with E-state index >= 15 is 0 Å². The molecule has 1 aromatic carbocycles. The van der Waals surface area contributed by atoms with Crippen molar-refractivity contribution in [1.29, 1.82) is 0 Å². The predicted molar refractivity (Wildman–Crippen MR) is 78.5 cm³/mol. The predicted octanol–water partition coefficient (Wildman–Crippen LogP) is 4.17. The van der Waals surface area contributed by atoms with Crippen molar-refractivity contribution in [3.8, 4) is 5.75 Å². The SMILES string of the molecule is CCOc1ccc([S+]2C3CCCC2CCC3)cc1. The molecule has 98 valence electrons. The second-order valence-electron chi connectivity index (χ2n) is 5.38. The van der Waals surface area contributed by atoms with Gasteiger partial charge in [0.25, 0.3) is 0 Å². The molecule has 2 heteroatoms. The van der Waals surface area contributed by atoms with Gasteiger partial charge in [0.2, 0.25) is 0 Å². The van der Waals surface area contributed by atoms with E-state index in [4.69, 9.17) is 4.74 Å². The number of rotatable bonds is 3. The Bertz CT molecular complexity index is 365. The van der Waals surface area contributed by atoms with Crippen LogP contribution in [0.5, 0.6) is 5.75 Å². The van der Waals surface area contributed by atoms with Gasteiger partial charge in [-0.2, -0.15) is 0 Å². The van der Waals surface area contributed by atoms with Crippen molar-refractivity contribution < 1.29 is 4.74 Å². The van der Waals surface area contributed by atoms with E-state index in [1.807, 2.05) is 6.92 Å². The zero-order chi connectivity index (χ0) is 12.4. The summed E-state index contributed by atoms with van der Waals surface area (Å²) in [6.07, 6.45) is 8.80. The van der Waals surface area contributed by atoms with Gasteiger partial charge in [0, 0.05) is 10.9 Å².